The minimum absolute atomic E-state index is 0.126. The van der Waals surface area contributed by atoms with Gasteiger partial charge in [-0.05, 0) is 46.0 Å². The molecule has 0 bridgehead atoms. The zero-order chi connectivity index (χ0) is 14.0. The van der Waals surface area contributed by atoms with Crippen molar-refractivity contribution in [2.45, 2.75) is 26.8 Å². The molecule has 0 aromatic heterocycles. The highest BCUT2D eigenvalue weighted by molar-refractivity contribution is 9.10. The van der Waals surface area contributed by atoms with Crippen molar-refractivity contribution in [2.24, 2.45) is 5.41 Å². The Kier molecular flexibility index (Phi) is 4.54. The molecule has 0 amide bonds. The predicted molar refractivity (Wildman–Crippen MR) is 83.7 cm³/mol. The molecule has 1 heterocycles. The Hall–Kier alpha value is -0.580. The molecule has 1 aliphatic heterocycles. The highest BCUT2D eigenvalue weighted by Gasteiger charge is 2.30. The number of aliphatic hydroxyl groups excluding tert-OH is 1. The second kappa shape index (κ2) is 5.81. The first-order valence-corrected chi connectivity index (χ1v) is 7.56. The Bertz CT molecular complexity index is 448. The van der Waals surface area contributed by atoms with Crippen molar-refractivity contribution >= 4 is 21.6 Å². The quantitative estimate of drug-likeness (QED) is 0.876. The summed E-state index contributed by atoms with van der Waals surface area (Å²) in [6, 6.07) is 6.53. The Morgan fingerprint density at radius 2 is 2.21 bits per heavy atom. The number of nitrogens with one attached hydrogen (secondary N) is 1. The Balaban J connectivity index is 2.36. The number of anilines is 1. The highest BCUT2D eigenvalue weighted by Crippen LogP contribution is 2.32. The summed E-state index contributed by atoms with van der Waals surface area (Å²) < 4.78 is 1.10. The van der Waals surface area contributed by atoms with Gasteiger partial charge in [-0.1, -0.05) is 19.9 Å². The van der Waals surface area contributed by atoms with E-state index >= 15 is 0 Å². The summed E-state index contributed by atoms with van der Waals surface area (Å²) in [7, 11) is 0. The van der Waals surface area contributed by atoms with Crippen LogP contribution in [0.2, 0.25) is 0 Å². The predicted octanol–water partition coefficient (Wildman–Crippen LogP) is 2.55. The van der Waals surface area contributed by atoms with Gasteiger partial charge in [0.25, 0.3) is 0 Å². The minimum atomic E-state index is 0.126. The number of halogens is 1. The molecule has 19 heavy (non-hydrogen) atoms. The lowest BCUT2D eigenvalue weighted by atomic mass is 9.93. The number of nitrogens with zero attached hydrogens (tertiary/aromatic N) is 1. The van der Waals surface area contributed by atoms with Gasteiger partial charge in [0.2, 0.25) is 0 Å². The molecule has 0 aliphatic carbocycles. The van der Waals surface area contributed by atoms with Gasteiger partial charge in [0, 0.05) is 24.1 Å². The summed E-state index contributed by atoms with van der Waals surface area (Å²) in [6.07, 6.45) is 0. The van der Waals surface area contributed by atoms with E-state index in [0.29, 0.717) is 0 Å². The molecule has 106 valence electrons. The number of hydrogen-bond donors (Lipinski definition) is 2. The van der Waals surface area contributed by atoms with E-state index in [2.05, 4.69) is 65.1 Å². The number of aryl methyl sites for hydroxylation is 1. The van der Waals surface area contributed by atoms with Crippen LogP contribution in [0.25, 0.3) is 0 Å². The largest absolute Gasteiger partial charge is 0.394 e. The van der Waals surface area contributed by atoms with E-state index in [1.807, 2.05) is 0 Å². The average Bonchev–Trinajstić information content (AvgIpc) is 2.47. The maximum atomic E-state index is 9.67. The standard InChI is InChI=1S/C15H23BrN2O/c1-11-4-5-14(13(16)6-11)18-10-15(2,3)9-17-7-12(18)8-19/h4-6,12,17,19H,7-10H2,1-3H3. The molecule has 1 aromatic carbocycles. The fourth-order valence-corrected chi connectivity index (χ4v) is 3.34. The monoisotopic (exact) mass is 326 g/mol. The molecule has 1 fully saturated rings. The van der Waals surface area contributed by atoms with Crippen LogP contribution in [0.4, 0.5) is 5.69 Å². The Morgan fingerprint density at radius 3 is 2.84 bits per heavy atom. The molecule has 2 rings (SSSR count). The lowest BCUT2D eigenvalue weighted by Gasteiger charge is -2.35. The summed E-state index contributed by atoms with van der Waals surface area (Å²) in [5.74, 6) is 0. The van der Waals surface area contributed by atoms with Crippen molar-refractivity contribution in [3.05, 3.63) is 28.2 Å². The first kappa shape index (κ1) is 14.8. The number of benzene rings is 1. The molecule has 2 N–H and O–H groups in total. The molecule has 0 saturated carbocycles. The van der Waals surface area contributed by atoms with Gasteiger partial charge in [-0.25, -0.2) is 0 Å². The number of aliphatic hydroxyl groups is 1. The molecule has 1 aliphatic rings. The molecule has 1 atom stereocenters. The van der Waals surface area contributed by atoms with E-state index in [4.69, 9.17) is 0 Å². The van der Waals surface area contributed by atoms with Crippen LogP contribution in [0.1, 0.15) is 19.4 Å². The summed E-state index contributed by atoms with van der Waals surface area (Å²) >= 11 is 3.66. The zero-order valence-electron chi connectivity index (χ0n) is 11.9. The Morgan fingerprint density at radius 1 is 1.47 bits per heavy atom. The summed E-state index contributed by atoms with van der Waals surface area (Å²) in [5.41, 5.74) is 2.60. The van der Waals surface area contributed by atoms with Gasteiger partial charge < -0.3 is 15.3 Å². The van der Waals surface area contributed by atoms with Crippen LogP contribution in [0, 0.1) is 12.3 Å². The van der Waals surface area contributed by atoms with Crippen LogP contribution in [-0.4, -0.2) is 37.4 Å². The van der Waals surface area contributed by atoms with Gasteiger partial charge in [-0.2, -0.15) is 0 Å². The maximum absolute atomic E-state index is 9.67. The van der Waals surface area contributed by atoms with Gasteiger partial charge in [0.05, 0.1) is 18.3 Å². The average molecular weight is 327 g/mol. The second-order valence-electron chi connectivity index (χ2n) is 6.21. The summed E-state index contributed by atoms with van der Waals surface area (Å²) in [5, 5.41) is 13.1. The zero-order valence-corrected chi connectivity index (χ0v) is 13.5. The number of rotatable bonds is 2. The van der Waals surface area contributed by atoms with E-state index in [0.717, 1.165) is 24.1 Å². The van der Waals surface area contributed by atoms with E-state index < -0.39 is 0 Å². The second-order valence-corrected chi connectivity index (χ2v) is 7.07. The van der Waals surface area contributed by atoms with Crippen molar-refractivity contribution < 1.29 is 5.11 Å². The fourth-order valence-electron chi connectivity index (χ4n) is 2.62. The molecule has 0 radical (unpaired) electrons. The number of hydrogen-bond acceptors (Lipinski definition) is 3. The summed E-state index contributed by atoms with van der Waals surface area (Å²) in [4.78, 5) is 2.32. The highest BCUT2D eigenvalue weighted by atomic mass is 79.9. The molecule has 3 nitrogen and oxygen atoms in total. The van der Waals surface area contributed by atoms with Crippen molar-refractivity contribution in [3.63, 3.8) is 0 Å². The maximum Gasteiger partial charge on any atom is 0.0647 e. The lowest BCUT2D eigenvalue weighted by molar-refractivity contribution is 0.258. The Labute approximate surface area is 124 Å². The van der Waals surface area contributed by atoms with Crippen molar-refractivity contribution in [1.82, 2.24) is 5.32 Å². The van der Waals surface area contributed by atoms with E-state index in [1.165, 1.54) is 11.3 Å². The van der Waals surface area contributed by atoms with Crippen LogP contribution in [0.15, 0.2) is 22.7 Å². The van der Waals surface area contributed by atoms with Crippen molar-refractivity contribution in [3.8, 4) is 0 Å². The van der Waals surface area contributed by atoms with Crippen LogP contribution in [0.5, 0.6) is 0 Å². The van der Waals surface area contributed by atoms with Gasteiger partial charge >= 0.3 is 0 Å². The molecular formula is C15H23BrN2O. The first-order chi connectivity index (χ1) is 8.93. The van der Waals surface area contributed by atoms with E-state index in [9.17, 15) is 5.11 Å². The van der Waals surface area contributed by atoms with E-state index in [1.54, 1.807) is 0 Å². The fraction of sp³-hybridized carbons (Fsp3) is 0.600. The SMILES string of the molecule is Cc1ccc(N2CC(C)(C)CNCC2CO)c(Br)c1. The molecule has 4 heteroatoms. The lowest BCUT2D eigenvalue weighted by Crippen LogP contribution is -2.44. The molecule has 0 spiro atoms. The van der Waals surface area contributed by atoms with Crippen LogP contribution < -0.4 is 10.2 Å². The minimum Gasteiger partial charge on any atom is -0.394 e. The van der Waals surface area contributed by atoms with E-state index in [-0.39, 0.29) is 18.1 Å². The molecule has 1 saturated heterocycles. The first-order valence-electron chi connectivity index (χ1n) is 6.77. The van der Waals surface area contributed by atoms with Crippen LogP contribution in [0.3, 0.4) is 0 Å². The topological polar surface area (TPSA) is 35.5 Å². The van der Waals surface area contributed by atoms with Gasteiger partial charge in [-0.15, -0.1) is 0 Å². The van der Waals surface area contributed by atoms with Gasteiger partial charge in [-0.3, -0.25) is 0 Å². The smallest absolute Gasteiger partial charge is 0.0647 e. The molecular weight excluding hydrogens is 304 g/mol. The van der Waals surface area contributed by atoms with Gasteiger partial charge in [0.15, 0.2) is 0 Å². The van der Waals surface area contributed by atoms with Crippen LogP contribution in [-0.2, 0) is 0 Å². The van der Waals surface area contributed by atoms with Crippen molar-refractivity contribution in [2.75, 3.05) is 31.1 Å². The third-order valence-electron chi connectivity index (χ3n) is 3.65. The third kappa shape index (κ3) is 3.50. The molecule has 1 aromatic rings. The van der Waals surface area contributed by atoms with Gasteiger partial charge in [0.1, 0.15) is 0 Å². The summed E-state index contributed by atoms with van der Waals surface area (Å²) in [6.45, 7) is 9.51. The third-order valence-corrected chi connectivity index (χ3v) is 4.28. The van der Waals surface area contributed by atoms with Crippen LogP contribution >= 0.6 is 15.9 Å². The van der Waals surface area contributed by atoms with Crippen molar-refractivity contribution in [1.29, 1.82) is 0 Å². The molecule has 1 unspecified atom stereocenters. The normalized spacial score (nSPS) is 23.2.